The van der Waals surface area contributed by atoms with Gasteiger partial charge >= 0.3 is 5.97 Å². The van der Waals surface area contributed by atoms with Crippen molar-refractivity contribution < 1.29 is 19.1 Å². The van der Waals surface area contributed by atoms with Gasteiger partial charge in [0, 0.05) is 12.0 Å². The second-order valence-corrected chi connectivity index (χ2v) is 8.44. The lowest BCUT2D eigenvalue weighted by Crippen LogP contribution is -2.30. The van der Waals surface area contributed by atoms with Gasteiger partial charge in [0.25, 0.3) is 0 Å². The summed E-state index contributed by atoms with van der Waals surface area (Å²) in [5, 5.41) is 5.07. The monoisotopic (exact) mass is 467 g/mol. The molecule has 0 heterocycles. The number of nitrogens with one attached hydrogen (secondary N) is 1. The van der Waals surface area contributed by atoms with Crippen LogP contribution in [0.4, 0.5) is 0 Å². The van der Waals surface area contributed by atoms with Crippen LogP contribution >= 0.6 is 0 Å². The van der Waals surface area contributed by atoms with Crippen LogP contribution in [0.15, 0.2) is 91.0 Å². The maximum absolute atomic E-state index is 12.8. The molecular formula is C30H29NO4. The van der Waals surface area contributed by atoms with E-state index in [0.29, 0.717) is 17.9 Å². The fraction of sp³-hybridized carbons (Fsp3) is 0.200. The highest BCUT2D eigenvalue weighted by Crippen LogP contribution is 2.37. The van der Waals surface area contributed by atoms with E-state index in [1.807, 2.05) is 86.6 Å². The number of rotatable bonds is 9. The molecule has 1 atom stereocenters. The summed E-state index contributed by atoms with van der Waals surface area (Å²) in [5.74, 6) is 0.406. The topological polar surface area (TPSA) is 64.6 Å². The molecule has 4 aromatic rings. The first-order valence-electron chi connectivity index (χ1n) is 11.8. The molecule has 0 aliphatic rings. The summed E-state index contributed by atoms with van der Waals surface area (Å²) in [4.78, 5) is 25.5. The molecule has 0 radical (unpaired) electrons. The molecule has 35 heavy (non-hydrogen) atoms. The molecule has 0 bridgehead atoms. The summed E-state index contributed by atoms with van der Waals surface area (Å²) < 4.78 is 11.4. The molecule has 4 aromatic carbocycles. The Kier molecular flexibility index (Phi) is 7.78. The van der Waals surface area contributed by atoms with Gasteiger partial charge in [-0.2, -0.15) is 0 Å². The lowest BCUT2D eigenvalue weighted by atomic mass is 9.92. The molecule has 0 aliphatic heterocycles. The molecule has 0 aromatic heterocycles. The normalized spacial score (nSPS) is 11.6. The van der Waals surface area contributed by atoms with Gasteiger partial charge in [0.1, 0.15) is 11.5 Å². The van der Waals surface area contributed by atoms with Gasteiger partial charge in [0.2, 0.25) is 5.91 Å². The van der Waals surface area contributed by atoms with Crippen molar-refractivity contribution in [1.29, 1.82) is 0 Å². The zero-order chi connectivity index (χ0) is 24.6. The van der Waals surface area contributed by atoms with Gasteiger partial charge in [-0.3, -0.25) is 4.79 Å². The number of benzene rings is 4. The van der Waals surface area contributed by atoms with Crippen molar-refractivity contribution in [3.8, 4) is 11.5 Å². The van der Waals surface area contributed by atoms with E-state index in [-0.39, 0.29) is 12.5 Å². The molecule has 0 aliphatic carbocycles. The van der Waals surface area contributed by atoms with Crippen LogP contribution in [0, 0.1) is 6.92 Å². The van der Waals surface area contributed by atoms with Gasteiger partial charge in [0.15, 0.2) is 6.61 Å². The number of ether oxygens (including phenoxy) is 2. The average Bonchev–Trinajstić information content (AvgIpc) is 2.87. The molecule has 5 nitrogen and oxygen atoms in total. The van der Waals surface area contributed by atoms with Crippen LogP contribution in [0.3, 0.4) is 0 Å². The smallest absolute Gasteiger partial charge is 0.349 e. The summed E-state index contributed by atoms with van der Waals surface area (Å²) in [7, 11) is 0. The second kappa shape index (κ2) is 11.3. The lowest BCUT2D eigenvalue weighted by Gasteiger charge is -2.24. The van der Waals surface area contributed by atoms with E-state index >= 15 is 0 Å². The van der Waals surface area contributed by atoms with Crippen LogP contribution in [0.25, 0.3) is 10.8 Å². The van der Waals surface area contributed by atoms with Crippen molar-refractivity contribution in [3.05, 3.63) is 108 Å². The number of para-hydroxylation sites is 1. The third-order valence-corrected chi connectivity index (χ3v) is 5.74. The molecule has 4 rings (SSSR count). The average molecular weight is 468 g/mol. The van der Waals surface area contributed by atoms with Crippen molar-refractivity contribution in [2.45, 2.75) is 32.7 Å². The fourth-order valence-corrected chi connectivity index (χ4v) is 4.01. The van der Waals surface area contributed by atoms with E-state index in [1.165, 1.54) is 0 Å². The number of esters is 1. The highest BCUT2D eigenvalue weighted by Gasteiger charge is 2.24. The Bertz CT molecular complexity index is 1300. The Morgan fingerprint density at radius 1 is 0.857 bits per heavy atom. The predicted octanol–water partition coefficient (Wildman–Crippen LogP) is 6.14. The van der Waals surface area contributed by atoms with Crippen LogP contribution in [-0.4, -0.2) is 18.5 Å². The van der Waals surface area contributed by atoms with Gasteiger partial charge in [-0.05, 0) is 47.9 Å². The van der Waals surface area contributed by atoms with E-state index in [0.717, 1.165) is 33.9 Å². The van der Waals surface area contributed by atoms with E-state index in [4.69, 9.17) is 9.47 Å². The summed E-state index contributed by atoms with van der Waals surface area (Å²) in [6.07, 6.45) is 1.15. The zero-order valence-corrected chi connectivity index (χ0v) is 20.0. The Morgan fingerprint density at radius 3 is 2.31 bits per heavy atom. The summed E-state index contributed by atoms with van der Waals surface area (Å²) >= 11 is 0. The maximum Gasteiger partial charge on any atom is 0.349 e. The number of carbonyl (C=O) groups is 2. The Hall–Kier alpha value is -4.12. The standard InChI is InChI=1S/C30H29NO4/c1-3-9-27(32)31-30(23-16-14-21(2)15-17-23)29-25-13-8-7-10-22(25)18-19-26(29)35-28(33)20-34-24-11-5-4-6-12-24/h4-8,10-19,30H,3,9,20H2,1-2H3,(H,31,32)/t30-/m1/s1. The van der Waals surface area contributed by atoms with Gasteiger partial charge in [-0.25, -0.2) is 4.79 Å². The van der Waals surface area contributed by atoms with Crippen LogP contribution in [-0.2, 0) is 9.59 Å². The molecule has 0 fully saturated rings. The SMILES string of the molecule is CCCC(=O)N[C@H](c1ccc(C)cc1)c1c(OC(=O)COc2ccccc2)ccc2ccccc12. The second-order valence-electron chi connectivity index (χ2n) is 8.44. The van der Waals surface area contributed by atoms with E-state index in [2.05, 4.69) is 5.32 Å². The highest BCUT2D eigenvalue weighted by atomic mass is 16.6. The Balaban J connectivity index is 1.73. The van der Waals surface area contributed by atoms with Crippen LogP contribution in [0.1, 0.15) is 42.5 Å². The quantitative estimate of drug-likeness (QED) is 0.237. The van der Waals surface area contributed by atoms with Crippen LogP contribution in [0.5, 0.6) is 11.5 Å². The summed E-state index contributed by atoms with van der Waals surface area (Å²) in [6, 6.07) is 28.2. The Morgan fingerprint density at radius 2 is 1.57 bits per heavy atom. The highest BCUT2D eigenvalue weighted by molar-refractivity contribution is 5.90. The molecule has 0 saturated carbocycles. The van der Waals surface area contributed by atoms with Crippen molar-refractivity contribution in [2.24, 2.45) is 0 Å². The number of carbonyl (C=O) groups excluding carboxylic acids is 2. The van der Waals surface area contributed by atoms with Crippen molar-refractivity contribution in [3.63, 3.8) is 0 Å². The number of fused-ring (bicyclic) bond motifs is 1. The minimum atomic E-state index is -0.520. The first-order valence-corrected chi connectivity index (χ1v) is 11.8. The first-order chi connectivity index (χ1) is 17.0. The van der Waals surface area contributed by atoms with Gasteiger partial charge in [-0.15, -0.1) is 0 Å². The van der Waals surface area contributed by atoms with Crippen molar-refractivity contribution >= 4 is 22.6 Å². The molecule has 0 saturated heterocycles. The van der Waals surface area contributed by atoms with Crippen LogP contribution < -0.4 is 14.8 Å². The Labute approximate surface area is 205 Å². The van der Waals surface area contributed by atoms with E-state index in [1.54, 1.807) is 18.2 Å². The molecule has 5 heteroatoms. The minimum Gasteiger partial charge on any atom is -0.482 e. The van der Waals surface area contributed by atoms with Gasteiger partial charge in [-0.1, -0.05) is 85.3 Å². The maximum atomic E-state index is 12.8. The van der Waals surface area contributed by atoms with E-state index < -0.39 is 12.0 Å². The number of hydrogen-bond donors (Lipinski definition) is 1. The fourth-order valence-electron chi connectivity index (χ4n) is 4.01. The van der Waals surface area contributed by atoms with Crippen molar-refractivity contribution in [1.82, 2.24) is 5.32 Å². The molecule has 1 N–H and O–H groups in total. The third kappa shape index (κ3) is 6.07. The summed E-state index contributed by atoms with van der Waals surface area (Å²) in [6.45, 7) is 3.76. The first kappa shape index (κ1) is 24.0. The molecular weight excluding hydrogens is 438 g/mol. The zero-order valence-electron chi connectivity index (χ0n) is 20.0. The largest absolute Gasteiger partial charge is 0.482 e. The molecule has 0 spiro atoms. The number of hydrogen-bond acceptors (Lipinski definition) is 4. The van der Waals surface area contributed by atoms with Crippen molar-refractivity contribution in [2.75, 3.05) is 6.61 Å². The molecule has 1 amide bonds. The third-order valence-electron chi connectivity index (χ3n) is 5.74. The minimum absolute atomic E-state index is 0.0595. The molecule has 178 valence electrons. The summed E-state index contributed by atoms with van der Waals surface area (Å²) in [5.41, 5.74) is 2.77. The molecule has 0 unspecified atom stereocenters. The predicted molar refractivity (Wildman–Crippen MR) is 138 cm³/mol. The van der Waals surface area contributed by atoms with Gasteiger partial charge in [0.05, 0.1) is 6.04 Å². The van der Waals surface area contributed by atoms with Crippen LogP contribution in [0.2, 0.25) is 0 Å². The van der Waals surface area contributed by atoms with E-state index in [9.17, 15) is 9.59 Å². The van der Waals surface area contributed by atoms with Gasteiger partial charge < -0.3 is 14.8 Å². The number of amides is 1. The lowest BCUT2D eigenvalue weighted by molar-refractivity contribution is -0.136. The number of aryl methyl sites for hydroxylation is 1.